The van der Waals surface area contributed by atoms with Gasteiger partial charge in [0, 0.05) is 18.4 Å². The summed E-state index contributed by atoms with van der Waals surface area (Å²) in [6.45, 7) is 3.09. The number of nitrogen functional groups attached to an aromatic ring is 1. The van der Waals surface area contributed by atoms with Crippen molar-refractivity contribution < 1.29 is 0 Å². The van der Waals surface area contributed by atoms with Crippen molar-refractivity contribution in [2.75, 3.05) is 11.4 Å². The lowest BCUT2D eigenvalue weighted by molar-refractivity contribution is 0.557. The predicted molar refractivity (Wildman–Crippen MR) is 79.4 cm³/mol. The van der Waals surface area contributed by atoms with Gasteiger partial charge in [0.2, 0.25) is 5.95 Å². The molecule has 3 rings (SSSR count). The number of nitrogens with zero attached hydrogens (tertiary/aromatic N) is 3. The molecule has 0 bridgehead atoms. The summed E-state index contributed by atoms with van der Waals surface area (Å²) >= 11 is 0. The van der Waals surface area contributed by atoms with Gasteiger partial charge in [0.25, 0.3) is 0 Å². The van der Waals surface area contributed by atoms with Crippen molar-refractivity contribution in [2.24, 2.45) is 11.7 Å². The number of hydrogen-bond donors (Lipinski definition) is 2. The SMILES string of the molecule is CC1Cc2ccccc2N(c2nccc(C(=N)N)n2)C1. The summed E-state index contributed by atoms with van der Waals surface area (Å²) in [6.07, 6.45) is 2.72. The molecule has 0 spiro atoms. The van der Waals surface area contributed by atoms with Gasteiger partial charge in [0.05, 0.1) is 0 Å². The van der Waals surface area contributed by atoms with Crippen LogP contribution in [-0.2, 0) is 6.42 Å². The summed E-state index contributed by atoms with van der Waals surface area (Å²) in [5.74, 6) is 1.11. The molecule has 102 valence electrons. The van der Waals surface area contributed by atoms with Crippen LogP contribution in [0, 0.1) is 11.3 Å². The molecule has 3 N–H and O–H groups in total. The Balaban J connectivity index is 2.06. The van der Waals surface area contributed by atoms with Crippen molar-refractivity contribution >= 4 is 17.5 Å². The van der Waals surface area contributed by atoms with Crippen molar-refractivity contribution in [3.8, 4) is 0 Å². The minimum atomic E-state index is -0.0352. The Hall–Kier alpha value is -2.43. The molecule has 2 aromatic rings. The maximum Gasteiger partial charge on any atom is 0.230 e. The highest BCUT2D eigenvalue weighted by atomic mass is 15.3. The highest BCUT2D eigenvalue weighted by molar-refractivity contribution is 5.93. The van der Waals surface area contributed by atoms with E-state index in [4.69, 9.17) is 11.1 Å². The van der Waals surface area contributed by atoms with Crippen molar-refractivity contribution in [3.05, 3.63) is 47.8 Å². The van der Waals surface area contributed by atoms with Gasteiger partial charge in [0.1, 0.15) is 11.5 Å². The summed E-state index contributed by atoms with van der Waals surface area (Å²) in [7, 11) is 0. The number of nitrogens with one attached hydrogen (secondary N) is 1. The van der Waals surface area contributed by atoms with E-state index in [1.807, 2.05) is 6.07 Å². The summed E-state index contributed by atoms with van der Waals surface area (Å²) < 4.78 is 0. The van der Waals surface area contributed by atoms with E-state index in [0.29, 0.717) is 17.6 Å². The Kier molecular flexibility index (Phi) is 3.10. The van der Waals surface area contributed by atoms with E-state index in [-0.39, 0.29) is 5.84 Å². The molecule has 0 radical (unpaired) electrons. The Morgan fingerprint density at radius 3 is 2.95 bits per heavy atom. The minimum Gasteiger partial charge on any atom is -0.382 e. The van der Waals surface area contributed by atoms with Gasteiger partial charge in [-0.25, -0.2) is 9.97 Å². The standard InChI is InChI=1S/C15H17N5/c1-10-8-11-4-2-3-5-13(11)20(9-10)15-18-7-6-12(19-15)14(16)17/h2-7,10H,8-9H2,1H3,(H3,16,17). The van der Waals surface area contributed by atoms with E-state index < -0.39 is 0 Å². The summed E-state index contributed by atoms with van der Waals surface area (Å²) in [5.41, 5.74) is 8.43. The third kappa shape index (κ3) is 2.22. The maximum atomic E-state index is 7.50. The van der Waals surface area contributed by atoms with E-state index in [0.717, 1.165) is 18.7 Å². The van der Waals surface area contributed by atoms with Gasteiger partial charge in [0.15, 0.2) is 0 Å². The Morgan fingerprint density at radius 2 is 2.15 bits per heavy atom. The number of hydrogen-bond acceptors (Lipinski definition) is 4. The number of anilines is 2. The lowest BCUT2D eigenvalue weighted by Gasteiger charge is -2.33. The molecule has 1 unspecified atom stereocenters. The average molecular weight is 267 g/mol. The molecule has 5 nitrogen and oxygen atoms in total. The van der Waals surface area contributed by atoms with Gasteiger partial charge in [-0.1, -0.05) is 25.1 Å². The average Bonchev–Trinajstić information content (AvgIpc) is 2.46. The fourth-order valence-corrected chi connectivity index (χ4v) is 2.61. The van der Waals surface area contributed by atoms with Gasteiger partial charge in [-0.05, 0) is 30.0 Å². The lowest BCUT2D eigenvalue weighted by Crippen LogP contribution is -2.32. The zero-order valence-electron chi connectivity index (χ0n) is 11.4. The quantitative estimate of drug-likeness (QED) is 0.645. The van der Waals surface area contributed by atoms with Crippen LogP contribution in [-0.4, -0.2) is 22.3 Å². The zero-order valence-corrected chi connectivity index (χ0v) is 11.4. The first kappa shape index (κ1) is 12.6. The third-order valence-electron chi connectivity index (χ3n) is 3.51. The van der Waals surface area contributed by atoms with Crippen LogP contribution in [0.5, 0.6) is 0 Å². The molecule has 0 fully saturated rings. The molecular formula is C15H17N5. The van der Waals surface area contributed by atoms with Crippen LogP contribution in [0.15, 0.2) is 36.5 Å². The van der Waals surface area contributed by atoms with Gasteiger partial charge < -0.3 is 10.6 Å². The lowest BCUT2D eigenvalue weighted by atomic mass is 9.94. The van der Waals surface area contributed by atoms with Crippen LogP contribution in [0.3, 0.4) is 0 Å². The van der Waals surface area contributed by atoms with Crippen LogP contribution in [0.4, 0.5) is 11.6 Å². The van der Waals surface area contributed by atoms with Crippen LogP contribution in [0.2, 0.25) is 0 Å². The van der Waals surface area contributed by atoms with Crippen molar-refractivity contribution in [2.45, 2.75) is 13.3 Å². The summed E-state index contributed by atoms with van der Waals surface area (Å²) in [6, 6.07) is 9.97. The molecule has 20 heavy (non-hydrogen) atoms. The minimum absolute atomic E-state index is 0.0352. The van der Waals surface area contributed by atoms with Gasteiger partial charge in [-0.15, -0.1) is 0 Å². The highest BCUT2D eigenvalue weighted by Gasteiger charge is 2.24. The van der Waals surface area contributed by atoms with E-state index in [1.54, 1.807) is 12.3 Å². The monoisotopic (exact) mass is 267 g/mol. The van der Waals surface area contributed by atoms with Crippen LogP contribution < -0.4 is 10.6 Å². The predicted octanol–water partition coefficient (Wildman–Crippen LogP) is 2.09. The van der Waals surface area contributed by atoms with Gasteiger partial charge in [-0.3, -0.25) is 5.41 Å². The molecule has 1 atom stereocenters. The number of nitrogens with two attached hydrogens (primary N) is 1. The Morgan fingerprint density at radius 1 is 1.35 bits per heavy atom. The molecule has 5 heteroatoms. The largest absolute Gasteiger partial charge is 0.382 e. The molecule has 1 aromatic carbocycles. The first-order valence-electron chi connectivity index (χ1n) is 6.68. The van der Waals surface area contributed by atoms with Gasteiger partial charge >= 0.3 is 0 Å². The topological polar surface area (TPSA) is 78.9 Å². The first-order chi connectivity index (χ1) is 9.65. The normalized spacial score (nSPS) is 17.6. The number of para-hydroxylation sites is 1. The van der Waals surface area contributed by atoms with Gasteiger partial charge in [-0.2, -0.15) is 0 Å². The fourth-order valence-electron chi connectivity index (χ4n) is 2.61. The Labute approximate surface area is 118 Å². The maximum absolute atomic E-state index is 7.50. The van der Waals surface area contributed by atoms with Crippen LogP contribution in [0.1, 0.15) is 18.2 Å². The molecule has 0 saturated carbocycles. The summed E-state index contributed by atoms with van der Waals surface area (Å²) in [4.78, 5) is 10.8. The molecular weight excluding hydrogens is 250 g/mol. The van der Waals surface area contributed by atoms with Crippen molar-refractivity contribution in [3.63, 3.8) is 0 Å². The molecule has 2 heterocycles. The number of benzene rings is 1. The fraction of sp³-hybridized carbons (Fsp3) is 0.267. The number of fused-ring (bicyclic) bond motifs is 1. The van der Waals surface area contributed by atoms with Crippen LogP contribution in [0.25, 0.3) is 0 Å². The number of rotatable bonds is 2. The van der Waals surface area contributed by atoms with Crippen LogP contribution >= 0.6 is 0 Å². The molecule has 1 aromatic heterocycles. The molecule has 0 aliphatic carbocycles. The van der Waals surface area contributed by atoms with E-state index in [1.165, 1.54) is 5.56 Å². The first-order valence-corrected chi connectivity index (χ1v) is 6.68. The highest BCUT2D eigenvalue weighted by Crippen LogP contribution is 2.33. The zero-order chi connectivity index (χ0) is 14.1. The number of amidine groups is 1. The third-order valence-corrected chi connectivity index (χ3v) is 3.51. The molecule has 1 aliphatic rings. The summed E-state index contributed by atoms with van der Waals surface area (Å²) in [5, 5.41) is 7.50. The van der Waals surface area contributed by atoms with E-state index in [2.05, 4.69) is 40.0 Å². The second-order valence-corrected chi connectivity index (χ2v) is 5.20. The second-order valence-electron chi connectivity index (χ2n) is 5.20. The number of aromatic nitrogens is 2. The van der Waals surface area contributed by atoms with E-state index in [9.17, 15) is 0 Å². The smallest absolute Gasteiger partial charge is 0.230 e. The van der Waals surface area contributed by atoms with Crippen molar-refractivity contribution in [1.82, 2.24) is 9.97 Å². The molecule has 1 aliphatic heterocycles. The molecule has 0 saturated heterocycles. The Bertz CT molecular complexity index is 652. The second kappa shape index (κ2) is 4.92. The molecule has 0 amide bonds. The van der Waals surface area contributed by atoms with E-state index >= 15 is 0 Å². The van der Waals surface area contributed by atoms with Crippen molar-refractivity contribution in [1.29, 1.82) is 5.41 Å².